The molecule has 1 atom stereocenters. The molecule has 144 valence electrons. The molecule has 1 aliphatic heterocycles. The first-order valence-electron chi connectivity index (χ1n) is 9.03. The predicted molar refractivity (Wildman–Crippen MR) is 111 cm³/mol. The van der Waals surface area contributed by atoms with Crippen LogP contribution in [0.15, 0.2) is 58.3 Å². The average molecular weight is 396 g/mol. The number of hydrogen-bond acceptors (Lipinski definition) is 5. The Bertz CT molecular complexity index is 1240. The van der Waals surface area contributed by atoms with Gasteiger partial charge in [-0.1, -0.05) is 35.9 Å². The Morgan fingerprint density at radius 3 is 2.43 bits per heavy atom. The van der Waals surface area contributed by atoms with Crippen molar-refractivity contribution in [3.8, 4) is 11.6 Å². The van der Waals surface area contributed by atoms with Crippen molar-refractivity contribution in [2.24, 2.45) is 4.99 Å². The van der Waals surface area contributed by atoms with E-state index in [-0.39, 0.29) is 29.0 Å². The molecule has 0 aliphatic carbocycles. The van der Waals surface area contributed by atoms with Crippen molar-refractivity contribution in [1.29, 1.82) is 0 Å². The Balaban J connectivity index is 1.90. The zero-order chi connectivity index (χ0) is 19.9. The molecule has 4 rings (SSSR count). The van der Waals surface area contributed by atoms with Crippen LogP contribution in [0.2, 0.25) is 0 Å². The van der Waals surface area contributed by atoms with Gasteiger partial charge in [0.05, 0.1) is 28.8 Å². The van der Waals surface area contributed by atoms with Crippen LogP contribution < -0.4 is 5.56 Å². The summed E-state index contributed by atoms with van der Waals surface area (Å²) in [6, 6.07) is 14.0. The molecular formula is C21H20N2O4S. The van der Waals surface area contributed by atoms with E-state index in [1.54, 1.807) is 36.4 Å². The minimum atomic E-state index is -3.05. The van der Waals surface area contributed by atoms with Crippen molar-refractivity contribution in [2.75, 3.05) is 11.5 Å². The first kappa shape index (κ1) is 18.4. The van der Waals surface area contributed by atoms with Crippen LogP contribution in [0.1, 0.15) is 17.5 Å². The highest BCUT2D eigenvalue weighted by atomic mass is 32.2. The summed E-state index contributed by atoms with van der Waals surface area (Å²) in [4.78, 5) is 17.4. The van der Waals surface area contributed by atoms with E-state index in [0.29, 0.717) is 28.4 Å². The van der Waals surface area contributed by atoms with E-state index in [4.69, 9.17) is 0 Å². The molecule has 1 aliphatic rings. The van der Waals surface area contributed by atoms with Gasteiger partial charge in [0, 0.05) is 17.0 Å². The van der Waals surface area contributed by atoms with E-state index in [9.17, 15) is 18.3 Å². The standard InChI is InChI=1S/C21H20N2O4S/c1-14-6-8-16(9-7-14)23-20(24)18-5-3-2-4-17(18)19(21(23)25)12-22-15-10-11-28(26,27)13-15/h2-9,12,15,25H,10-11,13H2,1H3/t15-/m0/s1. The Labute approximate surface area is 162 Å². The SMILES string of the molecule is Cc1ccc(-n2c(O)c(C=N[C@H]3CCS(=O)(=O)C3)c3ccccc3c2=O)cc1. The molecule has 0 amide bonds. The Morgan fingerprint density at radius 2 is 1.79 bits per heavy atom. The number of benzene rings is 2. The molecule has 0 unspecified atom stereocenters. The van der Waals surface area contributed by atoms with Crippen molar-refractivity contribution >= 4 is 26.8 Å². The lowest BCUT2D eigenvalue weighted by Gasteiger charge is -2.14. The van der Waals surface area contributed by atoms with Crippen LogP contribution in [0.5, 0.6) is 5.88 Å². The van der Waals surface area contributed by atoms with Crippen LogP contribution >= 0.6 is 0 Å². The zero-order valence-electron chi connectivity index (χ0n) is 15.4. The fourth-order valence-corrected chi connectivity index (χ4v) is 5.13. The molecule has 0 spiro atoms. The number of fused-ring (bicyclic) bond motifs is 1. The van der Waals surface area contributed by atoms with Crippen LogP contribution in [-0.2, 0) is 9.84 Å². The van der Waals surface area contributed by atoms with Gasteiger partial charge < -0.3 is 5.11 Å². The number of sulfone groups is 1. The Hall–Kier alpha value is -2.93. The second kappa shape index (κ2) is 6.91. The molecule has 28 heavy (non-hydrogen) atoms. The summed E-state index contributed by atoms with van der Waals surface area (Å²) in [5.74, 6) is -0.0677. The van der Waals surface area contributed by atoms with E-state index < -0.39 is 9.84 Å². The van der Waals surface area contributed by atoms with Gasteiger partial charge in [-0.15, -0.1) is 0 Å². The van der Waals surface area contributed by atoms with Crippen LogP contribution in [0.4, 0.5) is 0 Å². The summed E-state index contributed by atoms with van der Waals surface area (Å²) in [6.45, 7) is 1.94. The molecule has 0 radical (unpaired) electrons. The number of rotatable bonds is 3. The van der Waals surface area contributed by atoms with E-state index in [1.807, 2.05) is 19.1 Å². The number of aromatic hydroxyl groups is 1. The summed E-state index contributed by atoms with van der Waals surface area (Å²) in [7, 11) is -3.05. The molecule has 1 N–H and O–H groups in total. The van der Waals surface area contributed by atoms with Crippen LogP contribution in [0.3, 0.4) is 0 Å². The molecule has 3 aromatic rings. The van der Waals surface area contributed by atoms with Gasteiger partial charge in [0.15, 0.2) is 9.84 Å². The Morgan fingerprint density at radius 1 is 1.11 bits per heavy atom. The molecule has 0 bridgehead atoms. The molecule has 7 heteroatoms. The normalized spacial score (nSPS) is 18.8. The summed E-state index contributed by atoms with van der Waals surface area (Å²) in [5.41, 5.74) is 1.68. The van der Waals surface area contributed by atoms with Gasteiger partial charge in [0.1, 0.15) is 0 Å². The van der Waals surface area contributed by atoms with Gasteiger partial charge in [-0.25, -0.2) is 13.0 Å². The second-order valence-corrected chi connectivity index (χ2v) is 9.32. The van der Waals surface area contributed by atoms with Gasteiger partial charge in [-0.2, -0.15) is 0 Å². The van der Waals surface area contributed by atoms with Crippen molar-refractivity contribution in [2.45, 2.75) is 19.4 Å². The second-order valence-electron chi connectivity index (χ2n) is 7.09. The molecule has 2 aromatic carbocycles. The third-order valence-electron chi connectivity index (χ3n) is 5.02. The highest BCUT2D eigenvalue weighted by molar-refractivity contribution is 7.91. The quantitative estimate of drug-likeness (QED) is 0.689. The van der Waals surface area contributed by atoms with Gasteiger partial charge in [-0.05, 0) is 31.5 Å². The maximum Gasteiger partial charge on any atom is 0.265 e. The summed E-state index contributed by atoms with van der Waals surface area (Å²) in [5, 5.41) is 12.0. The van der Waals surface area contributed by atoms with Gasteiger partial charge in [0.2, 0.25) is 5.88 Å². The molecule has 0 saturated carbocycles. The lowest BCUT2D eigenvalue weighted by atomic mass is 10.1. The molecule has 1 aromatic heterocycles. The maximum atomic E-state index is 13.0. The third-order valence-corrected chi connectivity index (χ3v) is 6.77. The fourth-order valence-electron chi connectivity index (χ4n) is 3.50. The minimum absolute atomic E-state index is 0.0137. The first-order valence-corrected chi connectivity index (χ1v) is 10.9. The predicted octanol–water partition coefficient (Wildman–Crippen LogP) is 2.61. The monoisotopic (exact) mass is 396 g/mol. The van der Waals surface area contributed by atoms with Gasteiger partial charge >= 0.3 is 0 Å². The number of pyridine rings is 1. The number of aryl methyl sites for hydroxylation is 1. The van der Waals surface area contributed by atoms with Gasteiger partial charge in [0.25, 0.3) is 5.56 Å². The number of nitrogens with zero attached hydrogens (tertiary/aromatic N) is 2. The number of aromatic nitrogens is 1. The largest absolute Gasteiger partial charge is 0.494 e. The topological polar surface area (TPSA) is 88.7 Å². The fraction of sp³-hybridized carbons (Fsp3) is 0.238. The first-order chi connectivity index (χ1) is 13.4. The number of aliphatic imine (C=N–C) groups is 1. The van der Waals surface area contributed by atoms with Crippen LogP contribution in [0.25, 0.3) is 16.5 Å². The lowest BCUT2D eigenvalue weighted by Crippen LogP contribution is -2.20. The number of hydrogen-bond donors (Lipinski definition) is 1. The van der Waals surface area contributed by atoms with Gasteiger partial charge in [-0.3, -0.25) is 9.79 Å². The summed E-state index contributed by atoms with van der Waals surface area (Å²) in [6.07, 6.45) is 1.96. The highest BCUT2D eigenvalue weighted by Crippen LogP contribution is 2.26. The van der Waals surface area contributed by atoms with Crippen LogP contribution in [0, 0.1) is 6.92 Å². The zero-order valence-corrected chi connectivity index (χ0v) is 16.2. The summed E-state index contributed by atoms with van der Waals surface area (Å²) < 4.78 is 24.6. The average Bonchev–Trinajstić information content (AvgIpc) is 3.02. The minimum Gasteiger partial charge on any atom is -0.494 e. The lowest BCUT2D eigenvalue weighted by molar-refractivity contribution is 0.436. The summed E-state index contributed by atoms with van der Waals surface area (Å²) >= 11 is 0. The molecule has 2 heterocycles. The van der Waals surface area contributed by atoms with E-state index >= 15 is 0 Å². The maximum absolute atomic E-state index is 13.0. The highest BCUT2D eigenvalue weighted by Gasteiger charge is 2.27. The van der Waals surface area contributed by atoms with Crippen molar-refractivity contribution in [3.63, 3.8) is 0 Å². The van der Waals surface area contributed by atoms with Crippen LogP contribution in [-0.4, -0.2) is 41.9 Å². The Kier molecular flexibility index (Phi) is 4.55. The van der Waals surface area contributed by atoms with Crippen molar-refractivity contribution in [3.05, 3.63) is 70.0 Å². The molecular weight excluding hydrogens is 376 g/mol. The van der Waals surface area contributed by atoms with E-state index in [2.05, 4.69) is 4.99 Å². The smallest absolute Gasteiger partial charge is 0.265 e. The molecule has 1 saturated heterocycles. The van der Waals surface area contributed by atoms with E-state index in [0.717, 1.165) is 5.56 Å². The van der Waals surface area contributed by atoms with Crippen molar-refractivity contribution < 1.29 is 13.5 Å². The third kappa shape index (κ3) is 3.33. The van der Waals surface area contributed by atoms with E-state index in [1.165, 1.54) is 10.8 Å². The molecule has 1 fully saturated rings. The molecule has 6 nitrogen and oxygen atoms in total. The van der Waals surface area contributed by atoms with Crippen molar-refractivity contribution in [1.82, 2.24) is 4.57 Å².